The molecule has 0 aliphatic carbocycles. The highest BCUT2D eigenvalue weighted by molar-refractivity contribution is 5.80. The third-order valence-electron chi connectivity index (χ3n) is 2.12. The van der Waals surface area contributed by atoms with Crippen LogP contribution in [0.1, 0.15) is 6.92 Å². The van der Waals surface area contributed by atoms with Gasteiger partial charge >= 0.3 is 0 Å². The number of halogens is 1. The van der Waals surface area contributed by atoms with Crippen LogP contribution < -0.4 is 10.1 Å². The standard InChI is InChI=1S/C12H16FNO3/c1-9(12(15)14-7-8-16-2)17-11-6-4-3-5-10(11)13/h3-6,9H,7-8H2,1-2H3,(H,14,15). The number of nitrogens with one attached hydrogen (secondary N) is 1. The molecule has 94 valence electrons. The van der Waals surface area contributed by atoms with Gasteiger partial charge in [-0.2, -0.15) is 0 Å². The zero-order valence-corrected chi connectivity index (χ0v) is 9.90. The monoisotopic (exact) mass is 241 g/mol. The SMILES string of the molecule is COCCNC(=O)C(C)Oc1ccccc1F. The van der Waals surface area contributed by atoms with Gasteiger partial charge in [-0.3, -0.25) is 4.79 Å². The Hall–Kier alpha value is -1.62. The summed E-state index contributed by atoms with van der Waals surface area (Å²) >= 11 is 0. The van der Waals surface area contributed by atoms with E-state index in [0.717, 1.165) is 0 Å². The molecule has 0 bridgehead atoms. The molecule has 0 saturated heterocycles. The number of amides is 1. The summed E-state index contributed by atoms with van der Waals surface area (Å²) in [5.74, 6) is -0.712. The fraction of sp³-hybridized carbons (Fsp3) is 0.417. The number of carbonyl (C=O) groups is 1. The van der Waals surface area contributed by atoms with Crippen molar-refractivity contribution < 1.29 is 18.7 Å². The second kappa shape index (κ2) is 6.85. The summed E-state index contributed by atoms with van der Waals surface area (Å²) in [7, 11) is 1.55. The fourth-order valence-corrected chi connectivity index (χ4v) is 1.20. The molecule has 4 nitrogen and oxygen atoms in total. The summed E-state index contributed by atoms with van der Waals surface area (Å²) in [6, 6.07) is 5.97. The molecular weight excluding hydrogens is 225 g/mol. The zero-order valence-electron chi connectivity index (χ0n) is 9.90. The van der Waals surface area contributed by atoms with Gasteiger partial charge in [-0.05, 0) is 19.1 Å². The highest BCUT2D eigenvalue weighted by Crippen LogP contribution is 2.16. The molecule has 0 radical (unpaired) electrons. The van der Waals surface area contributed by atoms with Crippen LogP contribution in [0.3, 0.4) is 0 Å². The minimum Gasteiger partial charge on any atom is -0.478 e. The summed E-state index contributed by atoms with van der Waals surface area (Å²) in [5, 5.41) is 2.61. The smallest absolute Gasteiger partial charge is 0.260 e. The minimum absolute atomic E-state index is 0.0712. The highest BCUT2D eigenvalue weighted by Gasteiger charge is 2.15. The van der Waals surface area contributed by atoms with Crippen molar-refractivity contribution in [3.8, 4) is 5.75 Å². The van der Waals surface area contributed by atoms with Gasteiger partial charge in [0, 0.05) is 13.7 Å². The normalized spacial score (nSPS) is 11.9. The molecule has 1 N–H and O–H groups in total. The number of ether oxygens (including phenoxy) is 2. The molecule has 0 aliphatic rings. The number of hydrogen-bond acceptors (Lipinski definition) is 3. The van der Waals surface area contributed by atoms with Crippen LogP contribution in [0.15, 0.2) is 24.3 Å². The number of rotatable bonds is 6. The van der Waals surface area contributed by atoms with E-state index in [2.05, 4.69) is 5.32 Å². The first-order chi connectivity index (χ1) is 8.15. The van der Waals surface area contributed by atoms with Gasteiger partial charge in [0.25, 0.3) is 5.91 Å². The Morgan fingerprint density at radius 2 is 2.18 bits per heavy atom. The van der Waals surface area contributed by atoms with E-state index in [4.69, 9.17) is 9.47 Å². The maximum atomic E-state index is 13.2. The van der Waals surface area contributed by atoms with Gasteiger partial charge < -0.3 is 14.8 Å². The molecule has 1 aromatic carbocycles. The van der Waals surface area contributed by atoms with Gasteiger partial charge in [-0.1, -0.05) is 12.1 Å². The van der Waals surface area contributed by atoms with Gasteiger partial charge in [0.1, 0.15) is 0 Å². The van der Waals surface area contributed by atoms with Crippen molar-refractivity contribution in [2.24, 2.45) is 0 Å². The van der Waals surface area contributed by atoms with E-state index in [9.17, 15) is 9.18 Å². The summed E-state index contributed by atoms with van der Waals surface area (Å²) in [4.78, 5) is 11.5. The largest absolute Gasteiger partial charge is 0.478 e. The van der Waals surface area contributed by atoms with E-state index in [1.165, 1.54) is 12.1 Å². The highest BCUT2D eigenvalue weighted by atomic mass is 19.1. The van der Waals surface area contributed by atoms with Crippen molar-refractivity contribution in [1.29, 1.82) is 0 Å². The Labute approximate surface area is 99.7 Å². The first-order valence-electron chi connectivity index (χ1n) is 5.33. The maximum absolute atomic E-state index is 13.2. The van der Waals surface area contributed by atoms with Crippen LogP contribution in [0.4, 0.5) is 4.39 Å². The van der Waals surface area contributed by atoms with Crippen LogP contribution in [-0.4, -0.2) is 32.3 Å². The molecule has 0 heterocycles. The number of methoxy groups -OCH3 is 1. The van der Waals surface area contributed by atoms with Gasteiger partial charge in [0.2, 0.25) is 0 Å². The average Bonchev–Trinajstić information content (AvgIpc) is 2.32. The summed E-state index contributed by atoms with van der Waals surface area (Å²) in [6.45, 7) is 2.40. The predicted molar refractivity (Wildman–Crippen MR) is 61.4 cm³/mol. The molecule has 17 heavy (non-hydrogen) atoms. The molecule has 0 saturated carbocycles. The Morgan fingerprint density at radius 1 is 1.47 bits per heavy atom. The zero-order chi connectivity index (χ0) is 12.7. The molecule has 1 unspecified atom stereocenters. The van der Waals surface area contributed by atoms with Crippen molar-refractivity contribution in [2.75, 3.05) is 20.3 Å². The Balaban J connectivity index is 2.46. The van der Waals surface area contributed by atoms with Crippen LogP contribution in [0.2, 0.25) is 0 Å². The molecule has 0 spiro atoms. The first-order valence-corrected chi connectivity index (χ1v) is 5.33. The third-order valence-corrected chi connectivity index (χ3v) is 2.12. The second-order valence-corrected chi connectivity index (χ2v) is 3.47. The summed E-state index contributed by atoms with van der Waals surface area (Å²) in [5.41, 5.74) is 0. The third kappa shape index (κ3) is 4.40. The summed E-state index contributed by atoms with van der Waals surface area (Å²) < 4.78 is 23.2. The Morgan fingerprint density at radius 3 is 2.82 bits per heavy atom. The van der Waals surface area contributed by atoms with E-state index < -0.39 is 11.9 Å². The van der Waals surface area contributed by atoms with E-state index in [1.807, 2.05) is 0 Å². The van der Waals surface area contributed by atoms with E-state index >= 15 is 0 Å². The van der Waals surface area contributed by atoms with E-state index in [1.54, 1.807) is 26.2 Å². The van der Waals surface area contributed by atoms with Crippen LogP contribution in [-0.2, 0) is 9.53 Å². The quantitative estimate of drug-likeness (QED) is 0.765. The fourth-order valence-electron chi connectivity index (χ4n) is 1.20. The lowest BCUT2D eigenvalue weighted by Crippen LogP contribution is -2.38. The van der Waals surface area contributed by atoms with Gasteiger partial charge in [-0.25, -0.2) is 4.39 Å². The van der Waals surface area contributed by atoms with Crippen LogP contribution in [0, 0.1) is 5.82 Å². The predicted octanol–water partition coefficient (Wildman–Crippen LogP) is 1.36. The van der Waals surface area contributed by atoms with Crippen molar-refractivity contribution in [3.63, 3.8) is 0 Å². The lowest BCUT2D eigenvalue weighted by Gasteiger charge is -2.14. The molecule has 0 aliphatic heterocycles. The lowest BCUT2D eigenvalue weighted by molar-refractivity contribution is -0.127. The van der Waals surface area contributed by atoms with Crippen LogP contribution in [0.5, 0.6) is 5.75 Å². The average molecular weight is 241 g/mol. The first kappa shape index (κ1) is 13.4. The number of hydrogen-bond donors (Lipinski definition) is 1. The van der Waals surface area contributed by atoms with Crippen LogP contribution >= 0.6 is 0 Å². The number of benzene rings is 1. The molecule has 1 amide bonds. The minimum atomic E-state index is -0.747. The topological polar surface area (TPSA) is 47.6 Å². The maximum Gasteiger partial charge on any atom is 0.260 e. The van der Waals surface area contributed by atoms with Crippen molar-refractivity contribution >= 4 is 5.91 Å². The molecule has 1 rings (SSSR count). The van der Waals surface area contributed by atoms with Crippen molar-refractivity contribution in [3.05, 3.63) is 30.1 Å². The van der Waals surface area contributed by atoms with Crippen LogP contribution in [0.25, 0.3) is 0 Å². The molecule has 1 atom stereocenters. The Kier molecular flexibility index (Phi) is 5.42. The van der Waals surface area contributed by atoms with Crippen molar-refractivity contribution in [2.45, 2.75) is 13.0 Å². The van der Waals surface area contributed by atoms with Crippen molar-refractivity contribution in [1.82, 2.24) is 5.32 Å². The second-order valence-electron chi connectivity index (χ2n) is 3.47. The van der Waals surface area contributed by atoms with E-state index in [0.29, 0.717) is 13.2 Å². The summed E-state index contributed by atoms with van der Waals surface area (Å²) in [6.07, 6.45) is -0.747. The van der Waals surface area contributed by atoms with Gasteiger partial charge in [-0.15, -0.1) is 0 Å². The van der Waals surface area contributed by atoms with Gasteiger partial charge in [0.15, 0.2) is 17.7 Å². The molecule has 0 aromatic heterocycles. The van der Waals surface area contributed by atoms with E-state index in [-0.39, 0.29) is 11.7 Å². The molecular formula is C12H16FNO3. The molecule has 1 aromatic rings. The number of carbonyl (C=O) groups excluding carboxylic acids is 1. The number of para-hydroxylation sites is 1. The molecule has 0 fully saturated rings. The van der Waals surface area contributed by atoms with Gasteiger partial charge in [0.05, 0.1) is 6.61 Å². The Bertz CT molecular complexity index is 371. The lowest BCUT2D eigenvalue weighted by atomic mass is 10.3. The molecule has 5 heteroatoms.